The Bertz CT molecular complexity index is 1170. The van der Waals surface area contributed by atoms with Gasteiger partial charge in [0.2, 0.25) is 0 Å². The summed E-state index contributed by atoms with van der Waals surface area (Å²) < 4.78 is 42.7. The molecule has 190 valence electrons. The predicted octanol–water partition coefficient (Wildman–Crippen LogP) is 5.02. The van der Waals surface area contributed by atoms with Crippen LogP contribution >= 0.6 is 0 Å². The van der Waals surface area contributed by atoms with Crippen LogP contribution in [0.2, 0.25) is 0 Å². The molecule has 3 N–H and O–H groups in total. The minimum atomic E-state index is -5.08. The van der Waals surface area contributed by atoms with E-state index < -0.39 is 12.1 Å². The molecular weight excluding hydrogens is 463 g/mol. The molecule has 1 aliphatic heterocycles. The van der Waals surface area contributed by atoms with Gasteiger partial charge >= 0.3 is 12.1 Å². The number of fused-ring (bicyclic) bond motifs is 1. The average molecular weight is 494 g/mol. The van der Waals surface area contributed by atoms with E-state index in [2.05, 4.69) is 53.3 Å². The quantitative estimate of drug-likeness (QED) is 0.463. The lowest BCUT2D eigenvalue weighted by Gasteiger charge is -2.29. The third-order valence-corrected chi connectivity index (χ3v) is 5.80. The number of carbonyl (C=O) groups is 1. The largest absolute Gasteiger partial charge is 0.493 e. The van der Waals surface area contributed by atoms with E-state index in [1.54, 1.807) is 14.2 Å². The zero-order chi connectivity index (χ0) is 25.8. The summed E-state index contributed by atoms with van der Waals surface area (Å²) in [7, 11) is 3.34. The molecule has 0 bridgehead atoms. The smallest absolute Gasteiger partial charge is 0.490 e. The number of carboxylic acids is 1. The number of aromatic nitrogens is 1. The Morgan fingerprint density at radius 3 is 2.20 bits per heavy atom. The normalized spacial score (nSPS) is 14.0. The third-order valence-electron chi connectivity index (χ3n) is 5.80. The average Bonchev–Trinajstić information content (AvgIpc) is 3.23. The lowest BCUT2D eigenvalue weighted by atomic mass is 9.95. The van der Waals surface area contributed by atoms with Crippen LogP contribution in [0.5, 0.6) is 11.5 Å². The summed E-state index contributed by atoms with van der Waals surface area (Å²) in [6, 6.07) is 12.9. The minimum Gasteiger partial charge on any atom is -0.493 e. The fourth-order valence-corrected chi connectivity index (χ4v) is 4.14. The number of piperazine rings is 1. The summed E-state index contributed by atoms with van der Waals surface area (Å²) in [4.78, 5) is 15.0. The van der Waals surface area contributed by atoms with Crippen molar-refractivity contribution in [3.63, 3.8) is 0 Å². The molecule has 0 spiro atoms. The standard InChI is InChI=1S/C23H29N3O2.C2HF3O2/c1-15(2)22-18-14-17(26-11-9-24-10-12-26)6-7-19(18)25-23(22)16-5-8-20(27-3)21(13-16)28-4;3-2(4,5)1(6)7/h5-8,13-15,24-25H,9-12H2,1-4H3;(H,6,7). The third kappa shape index (κ3) is 6.00. The molecule has 1 saturated heterocycles. The van der Waals surface area contributed by atoms with Crippen molar-refractivity contribution >= 4 is 22.6 Å². The van der Waals surface area contributed by atoms with Gasteiger partial charge < -0.3 is 29.8 Å². The van der Waals surface area contributed by atoms with Crippen LogP contribution in [0.3, 0.4) is 0 Å². The monoisotopic (exact) mass is 493 g/mol. The van der Waals surface area contributed by atoms with Gasteiger partial charge in [-0.1, -0.05) is 13.8 Å². The van der Waals surface area contributed by atoms with Crippen LogP contribution < -0.4 is 19.7 Å². The van der Waals surface area contributed by atoms with Crippen LogP contribution in [-0.4, -0.2) is 62.6 Å². The van der Waals surface area contributed by atoms with Gasteiger partial charge in [-0.05, 0) is 47.9 Å². The van der Waals surface area contributed by atoms with Crippen LogP contribution in [0.15, 0.2) is 36.4 Å². The highest BCUT2D eigenvalue weighted by atomic mass is 19.4. The number of ether oxygens (including phenoxy) is 2. The number of benzene rings is 2. The van der Waals surface area contributed by atoms with E-state index in [9.17, 15) is 13.2 Å². The molecule has 7 nitrogen and oxygen atoms in total. The Kier molecular flexibility index (Phi) is 8.16. The van der Waals surface area contributed by atoms with E-state index in [1.165, 1.54) is 22.2 Å². The fraction of sp³-hybridized carbons (Fsp3) is 0.400. The molecule has 10 heteroatoms. The lowest BCUT2D eigenvalue weighted by Crippen LogP contribution is -2.43. The molecule has 1 aromatic heterocycles. The van der Waals surface area contributed by atoms with Crippen molar-refractivity contribution in [2.24, 2.45) is 0 Å². The Morgan fingerprint density at radius 1 is 1.03 bits per heavy atom. The molecule has 4 rings (SSSR count). The van der Waals surface area contributed by atoms with Crippen LogP contribution in [0, 0.1) is 0 Å². The topological polar surface area (TPSA) is 86.8 Å². The maximum atomic E-state index is 10.6. The number of H-pyrrole nitrogens is 1. The molecule has 35 heavy (non-hydrogen) atoms. The molecule has 1 aliphatic rings. The summed E-state index contributed by atoms with van der Waals surface area (Å²) in [6.07, 6.45) is -5.08. The number of halogens is 3. The highest BCUT2D eigenvalue weighted by Crippen LogP contribution is 2.40. The molecule has 0 aliphatic carbocycles. The number of carboxylic acid groups (broad SMARTS) is 1. The number of methoxy groups -OCH3 is 2. The zero-order valence-corrected chi connectivity index (χ0v) is 20.1. The van der Waals surface area contributed by atoms with E-state index in [4.69, 9.17) is 19.4 Å². The molecule has 1 fully saturated rings. The molecule has 0 atom stereocenters. The zero-order valence-electron chi connectivity index (χ0n) is 20.1. The lowest BCUT2D eigenvalue weighted by molar-refractivity contribution is -0.192. The first-order valence-corrected chi connectivity index (χ1v) is 11.2. The van der Waals surface area contributed by atoms with Gasteiger partial charge in [0.25, 0.3) is 0 Å². The number of hydrogen-bond acceptors (Lipinski definition) is 5. The van der Waals surface area contributed by atoms with Gasteiger partial charge in [0, 0.05) is 48.3 Å². The fourth-order valence-electron chi connectivity index (χ4n) is 4.14. The predicted molar refractivity (Wildman–Crippen MR) is 130 cm³/mol. The van der Waals surface area contributed by atoms with E-state index in [1.807, 2.05) is 12.1 Å². The molecule has 0 unspecified atom stereocenters. The van der Waals surface area contributed by atoms with E-state index in [-0.39, 0.29) is 0 Å². The second kappa shape index (κ2) is 10.9. The molecule has 3 aromatic rings. The van der Waals surface area contributed by atoms with Gasteiger partial charge in [-0.3, -0.25) is 0 Å². The van der Waals surface area contributed by atoms with Gasteiger partial charge in [-0.2, -0.15) is 13.2 Å². The highest BCUT2D eigenvalue weighted by molar-refractivity contribution is 5.93. The summed E-state index contributed by atoms with van der Waals surface area (Å²) >= 11 is 0. The maximum Gasteiger partial charge on any atom is 0.490 e. The second-order valence-corrected chi connectivity index (χ2v) is 8.41. The molecule has 0 saturated carbocycles. The van der Waals surface area contributed by atoms with Crippen LogP contribution in [0.25, 0.3) is 22.2 Å². The number of rotatable bonds is 5. The summed E-state index contributed by atoms with van der Waals surface area (Å²) in [6.45, 7) is 8.69. The number of aromatic amines is 1. The Morgan fingerprint density at radius 2 is 1.66 bits per heavy atom. The SMILES string of the molecule is COc1ccc(-c2[nH]c3ccc(N4CCNCC4)cc3c2C(C)C)cc1OC.O=C(O)C(F)(F)F. The first kappa shape index (κ1) is 26.2. The number of alkyl halides is 3. The summed E-state index contributed by atoms with van der Waals surface area (Å²) in [5, 5.41) is 11.9. The minimum absolute atomic E-state index is 0.398. The van der Waals surface area contributed by atoms with Gasteiger partial charge in [0.1, 0.15) is 0 Å². The number of aliphatic carboxylic acids is 1. The van der Waals surface area contributed by atoms with Crippen molar-refractivity contribution in [1.29, 1.82) is 0 Å². The first-order valence-electron chi connectivity index (χ1n) is 11.2. The summed E-state index contributed by atoms with van der Waals surface area (Å²) in [5.41, 5.74) is 6.09. The van der Waals surface area contributed by atoms with Crippen molar-refractivity contribution in [3.05, 3.63) is 42.0 Å². The Hall–Kier alpha value is -3.40. The van der Waals surface area contributed by atoms with Crippen molar-refractivity contribution in [1.82, 2.24) is 10.3 Å². The molecule has 2 heterocycles. The first-order chi connectivity index (χ1) is 16.6. The van der Waals surface area contributed by atoms with Crippen LogP contribution in [0.4, 0.5) is 18.9 Å². The van der Waals surface area contributed by atoms with E-state index in [0.717, 1.165) is 48.9 Å². The van der Waals surface area contributed by atoms with Gasteiger partial charge in [0.05, 0.1) is 19.9 Å². The number of anilines is 1. The van der Waals surface area contributed by atoms with E-state index >= 15 is 0 Å². The Balaban J connectivity index is 0.000000429. The van der Waals surface area contributed by atoms with Crippen LogP contribution in [0.1, 0.15) is 25.3 Å². The number of nitrogens with zero attached hydrogens (tertiary/aromatic N) is 1. The van der Waals surface area contributed by atoms with Crippen molar-refractivity contribution in [2.45, 2.75) is 25.9 Å². The maximum absolute atomic E-state index is 10.6. The number of hydrogen-bond donors (Lipinski definition) is 3. The van der Waals surface area contributed by atoms with E-state index in [0.29, 0.717) is 5.92 Å². The van der Waals surface area contributed by atoms with Gasteiger partial charge in [-0.25, -0.2) is 4.79 Å². The van der Waals surface area contributed by atoms with Crippen molar-refractivity contribution in [2.75, 3.05) is 45.3 Å². The highest BCUT2D eigenvalue weighted by Gasteiger charge is 2.38. The van der Waals surface area contributed by atoms with Gasteiger partial charge in [0.15, 0.2) is 11.5 Å². The van der Waals surface area contributed by atoms with Crippen molar-refractivity contribution < 1.29 is 32.5 Å². The van der Waals surface area contributed by atoms with Gasteiger partial charge in [-0.15, -0.1) is 0 Å². The summed E-state index contributed by atoms with van der Waals surface area (Å²) in [5.74, 6) is -0.869. The molecule has 2 aromatic carbocycles. The van der Waals surface area contributed by atoms with Crippen LogP contribution in [-0.2, 0) is 4.79 Å². The molecule has 0 amide bonds. The molecular formula is C25H30F3N3O4. The number of nitrogens with one attached hydrogen (secondary N) is 2. The molecule has 0 radical (unpaired) electrons. The Labute approximate surface area is 201 Å². The van der Waals surface area contributed by atoms with Crippen molar-refractivity contribution in [3.8, 4) is 22.8 Å². The second-order valence-electron chi connectivity index (χ2n) is 8.41.